The lowest BCUT2D eigenvalue weighted by Gasteiger charge is -2.24. The number of nitrogens with one attached hydrogen (secondary N) is 2. The van der Waals surface area contributed by atoms with Gasteiger partial charge in [-0.15, -0.1) is 0 Å². The molecule has 1 saturated carbocycles. The van der Waals surface area contributed by atoms with E-state index >= 15 is 0 Å². The number of carbonyl (C=O) groups excluding carboxylic acids is 1. The lowest BCUT2D eigenvalue weighted by atomic mass is 9.82. The van der Waals surface area contributed by atoms with E-state index < -0.39 is 17.8 Å². The van der Waals surface area contributed by atoms with Crippen LogP contribution in [0.4, 0.5) is 5.82 Å². The number of amides is 1. The van der Waals surface area contributed by atoms with E-state index in [4.69, 9.17) is 0 Å². The Balaban J connectivity index is 1.52. The number of aromatic nitrogens is 2. The number of fused-ring (bicyclic) bond motifs is 3. The minimum atomic E-state index is -0.917. The summed E-state index contributed by atoms with van der Waals surface area (Å²) in [7, 11) is 0. The van der Waals surface area contributed by atoms with Gasteiger partial charge in [-0.1, -0.05) is 24.3 Å². The lowest BCUT2D eigenvalue weighted by molar-refractivity contribution is -0.147. The number of rotatable bonds is 4. The normalized spacial score (nSPS) is 27.3. The van der Waals surface area contributed by atoms with Crippen LogP contribution >= 0.6 is 0 Å². The fourth-order valence-electron chi connectivity index (χ4n) is 3.82. The molecular weight excluding hydrogens is 308 g/mol. The molecule has 2 aliphatic carbocycles. The molecule has 122 valence electrons. The van der Waals surface area contributed by atoms with Gasteiger partial charge in [0.2, 0.25) is 5.91 Å². The molecule has 24 heavy (non-hydrogen) atoms. The molecule has 0 spiro atoms. The van der Waals surface area contributed by atoms with Gasteiger partial charge < -0.3 is 5.11 Å². The third kappa shape index (κ3) is 2.29. The van der Waals surface area contributed by atoms with Gasteiger partial charge in [-0.25, -0.2) is 9.97 Å². The van der Waals surface area contributed by atoms with Gasteiger partial charge in [0, 0.05) is 5.39 Å². The third-order valence-corrected chi connectivity index (χ3v) is 4.89. The largest absolute Gasteiger partial charge is 0.481 e. The van der Waals surface area contributed by atoms with Crippen molar-refractivity contribution in [3.05, 3.63) is 42.7 Å². The molecule has 3 N–H and O–H groups in total. The molecule has 1 heterocycles. The zero-order valence-electron chi connectivity index (χ0n) is 12.7. The quantitative estimate of drug-likeness (QED) is 0.583. The maximum atomic E-state index is 12.5. The highest BCUT2D eigenvalue weighted by Crippen LogP contribution is 2.48. The Morgan fingerprint density at radius 2 is 1.83 bits per heavy atom. The molecule has 2 aliphatic rings. The van der Waals surface area contributed by atoms with E-state index in [1.807, 2.05) is 36.4 Å². The van der Waals surface area contributed by atoms with Crippen molar-refractivity contribution in [2.45, 2.75) is 6.42 Å². The zero-order valence-corrected chi connectivity index (χ0v) is 12.7. The molecule has 4 atom stereocenters. The second-order valence-electron chi connectivity index (χ2n) is 6.19. The first-order chi connectivity index (χ1) is 11.6. The van der Waals surface area contributed by atoms with E-state index in [0.29, 0.717) is 5.82 Å². The average Bonchev–Trinajstić information content (AvgIpc) is 3.20. The van der Waals surface area contributed by atoms with E-state index in [-0.39, 0.29) is 17.7 Å². The van der Waals surface area contributed by atoms with Gasteiger partial charge in [-0.3, -0.25) is 20.4 Å². The van der Waals surface area contributed by atoms with Gasteiger partial charge in [-0.05, 0) is 30.4 Å². The van der Waals surface area contributed by atoms with Crippen LogP contribution in [0, 0.1) is 23.7 Å². The van der Waals surface area contributed by atoms with E-state index in [2.05, 4.69) is 20.8 Å². The lowest BCUT2D eigenvalue weighted by Crippen LogP contribution is -2.42. The Kier molecular flexibility index (Phi) is 3.41. The van der Waals surface area contributed by atoms with E-state index in [1.165, 1.54) is 6.33 Å². The van der Waals surface area contributed by atoms with Crippen LogP contribution in [0.2, 0.25) is 0 Å². The monoisotopic (exact) mass is 324 g/mol. The van der Waals surface area contributed by atoms with Crippen LogP contribution < -0.4 is 10.9 Å². The smallest absolute Gasteiger partial charge is 0.307 e. The highest BCUT2D eigenvalue weighted by molar-refractivity contribution is 5.91. The number of carboxylic acid groups (broad SMARTS) is 1. The highest BCUT2D eigenvalue weighted by atomic mass is 16.4. The van der Waals surface area contributed by atoms with Crippen molar-refractivity contribution in [1.29, 1.82) is 0 Å². The molecule has 1 amide bonds. The summed E-state index contributed by atoms with van der Waals surface area (Å²) in [5.74, 6) is -2.04. The summed E-state index contributed by atoms with van der Waals surface area (Å²) in [5, 5.41) is 10.2. The molecule has 0 radical (unpaired) electrons. The van der Waals surface area contributed by atoms with Crippen LogP contribution in [-0.4, -0.2) is 27.0 Å². The van der Waals surface area contributed by atoms with E-state index in [9.17, 15) is 14.7 Å². The topological polar surface area (TPSA) is 104 Å². The van der Waals surface area contributed by atoms with Crippen molar-refractivity contribution < 1.29 is 14.7 Å². The number of benzene rings is 1. The molecule has 7 nitrogen and oxygen atoms in total. The zero-order chi connectivity index (χ0) is 16.7. The average molecular weight is 324 g/mol. The van der Waals surface area contributed by atoms with Crippen molar-refractivity contribution in [3.63, 3.8) is 0 Å². The fourth-order valence-corrected chi connectivity index (χ4v) is 3.82. The Hall–Kier alpha value is -2.96. The van der Waals surface area contributed by atoms with Gasteiger partial charge in [-0.2, -0.15) is 0 Å². The second kappa shape index (κ2) is 5.59. The van der Waals surface area contributed by atoms with Gasteiger partial charge in [0.15, 0.2) is 5.82 Å². The van der Waals surface area contributed by atoms with Crippen LogP contribution in [0.3, 0.4) is 0 Å². The number of nitrogens with zero attached hydrogens (tertiary/aromatic N) is 2. The maximum absolute atomic E-state index is 12.5. The number of para-hydroxylation sites is 1. The summed E-state index contributed by atoms with van der Waals surface area (Å²) >= 11 is 0. The minimum absolute atomic E-state index is 0.0138. The molecule has 1 fully saturated rings. The predicted octanol–water partition coefficient (Wildman–Crippen LogP) is 1.60. The summed E-state index contributed by atoms with van der Waals surface area (Å²) in [5.41, 5.74) is 6.20. The van der Waals surface area contributed by atoms with Crippen LogP contribution in [0.5, 0.6) is 0 Å². The first-order valence-corrected chi connectivity index (χ1v) is 7.82. The fraction of sp³-hybridized carbons (Fsp3) is 0.294. The van der Waals surface area contributed by atoms with Crippen molar-refractivity contribution in [2.24, 2.45) is 23.7 Å². The Morgan fingerprint density at radius 3 is 2.62 bits per heavy atom. The molecule has 2 aromatic rings. The molecule has 1 aromatic heterocycles. The summed E-state index contributed by atoms with van der Waals surface area (Å²) in [6.45, 7) is 0. The Morgan fingerprint density at radius 1 is 1.08 bits per heavy atom. The highest BCUT2D eigenvalue weighted by Gasteiger charge is 2.51. The molecule has 4 unspecified atom stereocenters. The van der Waals surface area contributed by atoms with Gasteiger partial charge in [0.05, 0.1) is 17.4 Å². The molecule has 0 aliphatic heterocycles. The summed E-state index contributed by atoms with van der Waals surface area (Å²) < 4.78 is 0. The van der Waals surface area contributed by atoms with E-state index in [0.717, 1.165) is 17.3 Å². The summed E-state index contributed by atoms with van der Waals surface area (Å²) in [4.78, 5) is 32.3. The van der Waals surface area contributed by atoms with Crippen LogP contribution in [0.15, 0.2) is 42.7 Å². The number of hydrogen-bond acceptors (Lipinski definition) is 5. The van der Waals surface area contributed by atoms with E-state index in [1.54, 1.807) is 0 Å². The number of allylic oxidation sites excluding steroid dienone is 2. The maximum Gasteiger partial charge on any atom is 0.307 e. The van der Waals surface area contributed by atoms with Crippen LogP contribution in [0.25, 0.3) is 10.9 Å². The number of carbonyl (C=O) groups is 2. The van der Waals surface area contributed by atoms with Crippen LogP contribution in [0.1, 0.15) is 6.42 Å². The molecule has 7 heteroatoms. The number of aliphatic carboxylic acids is 1. The van der Waals surface area contributed by atoms with Gasteiger partial charge in [0.1, 0.15) is 6.33 Å². The van der Waals surface area contributed by atoms with Crippen molar-refractivity contribution in [3.8, 4) is 0 Å². The van der Waals surface area contributed by atoms with Crippen LogP contribution in [-0.2, 0) is 9.59 Å². The van der Waals surface area contributed by atoms with Gasteiger partial charge in [0.25, 0.3) is 0 Å². The number of hydrazine groups is 1. The number of carboxylic acids is 1. The summed E-state index contributed by atoms with van der Waals surface area (Å²) in [6.07, 6.45) is 6.01. The SMILES string of the molecule is O=C(O)C1C2C=CC(C2)C1C(=O)NNc1ncnc2ccccc12. The summed E-state index contributed by atoms with van der Waals surface area (Å²) in [6, 6.07) is 7.44. The first-order valence-electron chi connectivity index (χ1n) is 7.82. The molecule has 1 aromatic carbocycles. The standard InChI is InChI=1S/C17H16N4O3/c22-16(13-9-5-6-10(7-9)14(13)17(23)24)21-20-15-11-3-1-2-4-12(11)18-8-19-15/h1-6,8-10,13-14H,7H2,(H,21,22)(H,23,24)(H,18,19,20). The minimum Gasteiger partial charge on any atom is -0.481 e. The number of hydrogen-bond donors (Lipinski definition) is 3. The predicted molar refractivity (Wildman–Crippen MR) is 86.7 cm³/mol. The van der Waals surface area contributed by atoms with Crippen molar-refractivity contribution >= 4 is 28.6 Å². The first kappa shape index (κ1) is 14.6. The third-order valence-electron chi connectivity index (χ3n) is 4.89. The second-order valence-corrected chi connectivity index (χ2v) is 6.19. The van der Waals surface area contributed by atoms with Crippen molar-refractivity contribution in [2.75, 3.05) is 5.43 Å². The molecular formula is C17H16N4O3. The molecule has 0 saturated heterocycles. The Labute approximate surface area is 137 Å². The molecule has 2 bridgehead atoms. The van der Waals surface area contributed by atoms with Crippen molar-refractivity contribution in [1.82, 2.24) is 15.4 Å². The molecule has 4 rings (SSSR count). The Bertz CT molecular complexity index is 845. The van der Waals surface area contributed by atoms with Gasteiger partial charge >= 0.3 is 5.97 Å². The number of anilines is 1.